The number of fused-ring (bicyclic) bond motifs is 2. The Hall–Kier alpha value is -3.35. The van der Waals surface area contributed by atoms with E-state index in [4.69, 9.17) is 9.47 Å². The standard InChI is InChI=1S/C20H19N3O4/c1-13-3-2-4-15-19(13)21-12-23(20(15)25)8-7-18(24)22-14-5-6-16-17(11-14)27-10-9-26-16/h2-6,11-12H,7-10H2,1H3,(H,22,24). The predicted octanol–water partition coefficient (Wildman–Crippen LogP) is 2.50. The number of rotatable bonds is 4. The molecule has 7 nitrogen and oxygen atoms in total. The van der Waals surface area contributed by atoms with Crippen molar-refractivity contribution in [2.75, 3.05) is 18.5 Å². The third kappa shape index (κ3) is 3.48. The van der Waals surface area contributed by atoms with E-state index < -0.39 is 0 Å². The molecule has 1 amide bonds. The fourth-order valence-corrected chi connectivity index (χ4v) is 3.06. The fraction of sp³-hybridized carbons (Fsp3) is 0.250. The maximum absolute atomic E-state index is 12.6. The van der Waals surface area contributed by atoms with E-state index in [1.165, 1.54) is 10.9 Å². The highest BCUT2D eigenvalue weighted by molar-refractivity contribution is 5.91. The van der Waals surface area contributed by atoms with Gasteiger partial charge in [0, 0.05) is 24.7 Å². The van der Waals surface area contributed by atoms with Crippen LogP contribution in [0.3, 0.4) is 0 Å². The molecule has 2 aromatic carbocycles. The summed E-state index contributed by atoms with van der Waals surface area (Å²) < 4.78 is 12.4. The molecule has 0 unspecified atom stereocenters. The summed E-state index contributed by atoms with van der Waals surface area (Å²) in [7, 11) is 0. The van der Waals surface area contributed by atoms with Gasteiger partial charge in [-0.15, -0.1) is 0 Å². The van der Waals surface area contributed by atoms with Gasteiger partial charge in [-0.1, -0.05) is 12.1 Å². The topological polar surface area (TPSA) is 82.5 Å². The molecule has 3 aromatic rings. The number of aromatic nitrogens is 2. The summed E-state index contributed by atoms with van der Waals surface area (Å²) in [6.07, 6.45) is 1.66. The number of carbonyl (C=O) groups is 1. The first kappa shape index (κ1) is 17.1. The molecule has 0 spiro atoms. The number of benzene rings is 2. The zero-order chi connectivity index (χ0) is 18.8. The number of carbonyl (C=O) groups excluding carboxylic acids is 1. The molecule has 1 aliphatic heterocycles. The monoisotopic (exact) mass is 365 g/mol. The van der Waals surface area contributed by atoms with Crippen molar-refractivity contribution in [3.8, 4) is 11.5 Å². The predicted molar refractivity (Wildman–Crippen MR) is 101 cm³/mol. The van der Waals surface area contributed by atoms with Crippen molar-refractivity contribution in [2.45, 2.75) is 19.9 Å². The van der Waals surface area contributed by atoms with Gasteiger partial charge in [-0.3, -0.25) is 14.2 Å². The van der Waals surface area contributed by atoms with Crippen molar-refractivity contribution < 1.29 is 14.3 Å². The van der Waals surface area contributed by atoms with Crippen LogP contribution in [-0.2, 0) is 11.3 Å². The Morgan fingerprint density at radius 1 is 1.19 bits per heavy atom. The molecule has 0 saturated carbocycles. The number of nitrogens with zero attached hydrogens (tertiary/aromatic N) is 2. The highest BCUT2D eigenvalue weighted by atomic mass is 16.6. The lowest BCUT2D eigenvalue weighted by Crippen LogP contribution is -2.24. The fourth-order valence-electron chi connectivity index (χ4n) is 3.06. The van der Waals surface area contributed by atoms with E-state index in [0.29, 0.717) is 41.3 Å². The van der Waals surface area contributed by atoms with Crippen LogP contribution in [0.1, 0.15) is 12.0 Å². The maximum Gasteiger partial charge on any atom is 0.261 e. The summed E-state index contributed by atoms with van der Waals surface area (Å²) in [5.41, 5.74) is 2.13. The normalized spacial score (nSPS) is 12.8. The van der Waals surface area contributed by atoms with E-state index in [0.717, 1.165) is 5.56 Å². The zero-order valence-electron chi connectivity index (χ0n) is 14.9. The third-order valence-corrected chi connectivity index (χ3v) is 4.46. The first-order chi connectivity index (χ1) is 13.1. The molecule has 0 aliphatic carbocycles. The number of amides is 1. The van der Waals surface area contributed by atoms with Gasteiger partial charge in [-0.05, 0) is 30.7 Å². The molecule has 138 valence electrons. The van der Waals surface area contributed by atoms with Gasteiger partial charge in [0.1, 0.15) is 13.2 Å². The zero-order valence-corrected chi connectivity index (χ0v) is 14.9. The summed E-state index contributed by atoms with van der Waals surface area (Å²) in [6.45, 7) is 3.18. The Labute approximate surface area is 155 Å². The van der Waals surface area contributed by atoms with Crippen LogP contribution in [0.4, 0.5) is 5.69 Å². The van der Waals surface area contributed by atoms with E-state index >= 15 is 0 Å². The van der Waals surface area contributed by atoms with Crippen molar-refractivity contribution in [3.63, 3.8) is 0 Å². The van der Waals surface area contributed by atoms with Crippen molar-refractivity contribution in [1.82, 2.24) is 9.55 Å². The molecule has 1 aliphatic rings. The summed E-state index contributed by atoms with van der Waals surface area (Å²) in [5.74, 6) is 1.09. The number of nitrogens with one attached hydrogen (secondary N) is 1. The molecule has 0 saturated heterocycles. The largest absolute Gasteiger partial charge is 0.486 e. The first-order valence-electron chi connectivity index (χ1n) is 8.76. The summed E-state index contributed by atoms with van der Waals surface area (Å²) in [4.78, 5) is 29.2. The SMILES string of the molecule is Cc1cccc2c(=O)n(CCC(=O)Nc3ccc4c(c3)OCCO4)cnc12. The number of anilines is 1. The van der Waals surface area contributed by atoms with Gasteiger partial charge >= 0.3 is 0 Å². The lowest BCUT2D eigenvalue weighted by Gasteiger charge is -2.19. The molecule has 27 heavy (non-hydrogen) atoms. The first-order valence-corrected chi connectivity index (χ1v) is 8.76. The van der Waals surface area contributed by atoms with Crippen LogP contribution < -0.4 is 20.3 Å². The van der Waals surface area contributed by atoms with Gasteiger partial charge in [0.05, 0.1) is 17.2 Å². The van der Waals surface area contributed by atoms with Crippen LogP contribution in [0.15, 0.2) is 47.5 Å². The number of ether oxygens (including phenoxy) is 2. The highest BCUT2D eigenvalue weighted by Crippen LogP contribution is 2.32. The van der Waals surface area contributed by atoms with Gasteiger partial charge in [-0.2, -0.15) is 0 Å². The highest BCUT2D eigenvalue weighted by Gasteiger charge is 2.13. The average Bonchev–Trinajstić information content (AvgIpc) is 2.68. The van der Waals surface area contributed by atoms with Crippen molar-refractivity contribution >= 4 is 22.5 Å². The molecule has 7 heteroatoms. The maximum atomic E-state index is 12.6. The molecular weight excluding hydrogens is 346 g/mol. The smallest absolute Gasteiger partial charge is 0.261 e. The van der Waals surface area contributed by atoms with Crippen LogP contribution in [0.5, 0.6) is 11.5 Å². The number of para-hydroxylation sites is 1. The molecule has 0 atom stereocenters. The van der Waals surface area contributed by atoms with E-state index in [1.54, 1.807) is 24.3 Å². The summed E-state index contributed by atoms with van der Waals surface area (Å²) in [6, 6.07) is 10.8. The van der Waals surface area contributed by atoms with Gasteiger partial charge in [-0.25, -0.2) is 4.98 Å². The second-order valence-electron chi connectivity index (χ2n) is 6.37. The summed E-state index contributed by atoms with van der Waals surface area (Å²) >= 11 is 0. The number of aryl methyl sites for hydroxylation is 2. The molecule has 0 fully saturated rings. The van der Waals surface area contributed by atoms with Crippen LogP contribution in [-0.4, -0.2) is 28.7 Å². The van der Waals surface area contributed by atoms with Crippen molar-refractivity contribution in [2.24, 2.45) is 0 Å². The lowest BCUT2D eigenvalue weighted by atomic mass is 10.1. The molecule has 0 radical (unpaired) electrons. The third-order valence-electron chi connectivity index (χ3n) is 4.46. The van der Waals surface area contributed by atoms with Crippen LogP contribution in [0, 0.1) is 6.92 Å². The van der Waals surface area contributed by atoms with Crippen molar-refractivity contribution in [3.05, 3.63) is 58.6 Å². The Bertz CT molecular complexity index is 1070. The molecule has 4 rings (SSSR count). The number of hydrogen-bond donors (Lipinski definition) is 1. The van der Waals surface area contributed by atoms with Gasteiger partial charge in [0.15, 0.2) is 11.5 Å². The van der Waals surface area contributed by atoms with Crippen molar-refractivity contribution in [1.29, 1.82) is 0 Å². The van der Waals surface area contributed by atoms with Gasteiger partial charge in [0.2, 0.25) is 5.91 Å². The molecule has 1 N–H and O–H groups in total. The second kappa shape index (κ2) is 7.11. The Morgan fingerprint density at radius 3 is 2.85 bits per heavy atom. The molecular formula is C20H19N3O4. The minimum atomic E-state index is -0.192. The minimum Gasteiger partial charge on any atom is -0.486 e. The molecule has 2 heterocycles. The molecule has 1 aromatic heterocycles. The van der Waals surface area contributed by atoms with Gasteiger partial charge in [0.25, 0.3) is 5.56 Å². The van der Waals surface area contributed by atoms with Crippen LogP contribution >= 0.6 is 0 Å². The lowest BCUT2D eigenvalue weighted by molar-refractivity contribution is -0.116. The van der Waals surface area contributed by atoms with Crippen LogP contribution in [0.25, 0.3) is 10.9 Å². The van der Waals surface area contributed by atoms with E-state index in [-0.39, 0.29) is 24.4 Å². The molecule has 0 bridgehead atoms. The average molecular weight is 365 g/mol. The van der Waals surface area contributed by atoms with Crippen LogP contribution in [0.2, 0.25) is 0 Å². The number of hydrogen-bond acceptors (Lipinski definition) is 5. The second-order valence-corrected chi connectivity index (χ2v) is 6.37. The Balaban J connectivity index is 1.44. The Morgan fingerprint density at radius 2 is 2.00 bits per heavy atom. The van der Waals surface area contributed by atoms with E-state index in [2.05, 4.69) is 10.3 Å². The quantitative estimate of drug-likeness (QED) is 0.768. The summed E-state index contributed by atoms with van der Waals surface area (Å²) in [5, 5.41) is 3.38. The van der Waals surface area contributed by atoms with E-state index in [1.807, 2.05) is 19.1 Å². The minimum absolute atomic E-state index is 0.143. The van der Waals surface area contributed by atoms with E-state index in [9.17, 15) is 9.59 Å². The Kier molecular flexibility index (Phi) is 4.50. The van der Waals surface area contributed by atoms with Gasteiger partial charge < -0.3 is 14.8 Å².